The quantitative estimate of drug-likeness (QED) is 0.267. The van der Waals surface area contributed by atoms with Gasteiger partial charge in [0.25, 0.3) is 0 Å². The van der Waals surface area contributed by atoms with Gasteiger partial charge in [0.15, 0.2) is 6.61 Å². The molecule has 0 N–H and O–H groups in total. The highest BCUT2D eigenvalue weighted by atomic mass is 16.6. The predicted octanol–water partition coefficient (Wildman–Crippen LogP) is 7.84. The Morgan fingerprint density at radius 2 is 1.75 bits per heavy atom. The summed E-state index contributed by atoms with van der Waals surface area (Å²) in [7, 11) is 1.37. The van der Waals surface area contributed by atoms with Gasteiger partial charge in [0.2, 0.25) is 0 Å². The second kappa shape index (κ2) is 15.7. The number of ether oxygens (including phenoxy) is 2. The Hall–Kier alpha value is -2.36. The molecule has 1 heterocycles. The molecule has 36 heavy (non-hydrogen) atoms. The number of hydrogen-bond donors (Lipinski definition) is 0. The van der Waals surface area contributed by atoms with Crippen LogP contribution in [0.3, 0.4) is 0 Å². The lowest BCUT2D eigenvalue weighted by atomic mass is 9.72. The lowest BCUT2D eigenvalue weighted by Gasteiger charge is -2.33. The molecule has 0 spiro atoms. The van der Waals surface area contributed by atoms with Gasteiger partial charge in [-0.2, -0.15) is 0 Å². The molecule has 4 atom stereocenters. The van der Waals surface area contributed by atoms with Crippen molar-refractivity contribution < 1.29 is 14.3 Å². The minimum absolute atomic E-state index is 0.0528. The zero-order chi connectivity index (χ0) is 25.6. The molecule has 4 nitrogen and oxygen atoms in total. The number of aromatic nitrogens is 1. The van der Waals surface area contributed by atoms with Crippen molar-refractivity contribution in [2.24, 2.45) is 23.7 Å². The summed E-state index contributed by atoms with van der Waals surface area (Å²) >= 11 is 0. The van der Waals surface area contributed by atoms with Crippen LogP contribution in [0.2, 0.25) is 0 Å². The fourth-order valence-corrected chi connectivity index (χ4v) is 5.96. The van der Waals surface area contributed by atoms with E-state index in [1.54, 1.807) is 0 Å². The van der Waals surface area contributed by atoms with Crippen molar-refractivity contribution in [2.45, 2.75) is 90.9 Å². The third kappa shape index (κ3) is 9.59. The van der Waals surface area contributed by atoms with E-state index < -0.39 is 0 Å². The number of unbranched alkanes of at least 4 members (excludes halogenated alkanes) is 1. The van der Waals surface area contributed by atoms with Crippen LogP contribution >= 0.6 is 0 Å². The average molecular weight is 494 g/mol. The highest BCUT2D eigenvalue weighted by Gasteiger charge is 2.26. The molecule has 0 saturated heterocycles. The molecule has 4 unspecified atom stereocenters. The van der Waals surface area contributed by atoms with Crippen LogP contribution in [0.1, 0.15) is 89.2 Å². The van der Waals surface area contributed by atoms with Gasteiger partial charge in [-0.25, -0.2) is 4.79 Å². The molecule has 0 aliphatic heterocycles. The van der Waals surface area contributed by atoms with Crippen molar-refractivity contribution in [1.82, 2.24) is 4.98 Å². The maximum absolute atomic E-state index is 11.3. The first-order valence-corrected chi connectivity index (χ1v) is 14.3. The summed E-state index contributed by atoms with van der Waals surface area (Å²) in [5, 5.41) is 0. The second-order valence-electron chi connectivity index (χ2n) is 10.9. The Morgan fingerprint density at radius 1 is 1.00 bits per heavy atom. The van der Waals surface area contributed by atoms with Crippen molar-refractivity contribution in [3.8, 4) is 5.75 Å². The first-order chi connectivity index (χ1) is 17.6. The van der Waals surface area contributed by atoms with E-state index in [4.69, 9.17) is 4.74 Å². The number of carbonyl (C=O) groups excluding carboxylic acids is 1. The van der Waals surface area contributed by atoms with E-state index >= 15 is 0 Å². The van der Waals surface area contributed by atoms with E-state index in [2.05, 4.69) is 54.0 Å². The highest BCUT2D eigenvalue weighted by Crippen LogP contribution is 2.38. The first-order valence-electron chi connectivity index (χ1n) is 14.3. The van der Waals surface area contributed by atoms with Gasteiger partial charge in [0, 0.05) is 12.4 Å². The minimum Gasteiger partial charge on any atom is -0.482 e. The number of methoxy groups -OCH3 is 1. The van der Waals surface area contributed by atoms with E-state index in [9.17, 15) is 4.79 Å². The third-order valence-corrected chi connectivity index (χ3v) is 8.32. The lowest BCUT2D eigenvalue weighted by molar-refractivity contribution is -0.142. The van der Waals surface area contributed by atoms with Crippen LogP contribution in [0.25, 0.3) is 0 Å². The van der Waals surface area contributed by atoms with Crippen molar-refractivity contribution in [2.75, 3.05) is 13.7 Å². The predicted molar refractivity (Wildman–Crippen MR) is 147 cm³/mol. The molecule has 1 aliphatic rings. The van der Waals surface area contributed by atoms with E-state index in [-0.39, 0.29) is 12.6 Å². The summed E-state index contributed by atoms with van der Waals surface area (Å²) < 4.78 is 10.2. The fraction of sp³-hybridized carbons (Fsp3) is 0.625. The highest BCUT2D eigenvalue weighted by molar-refractivity contribution is 5.70. The summed E-state index contributed by atoms with van der Waals surface area (Å²) in [5.74, 6) is 3.57. The molecule has 1 fully saturated rings. The number of nitrogens with zero attached hydrogens (tertiary/aromatic N) is 1. The molecule has 3 rings (SSSR count). The summed E-state index contributed by atoms with van der Waals surface area (Å²) in [6, 6.07) is 12.5. The van der Waals surface area contributed by atoms with Gasteiger partial charge in [-0.15, -0.1) is 0 Å². The maximum atomic E-state index is 11.3. The van der Waals surface area contributed by atoms with Crippen molar-refractivity contribution in [3.63, 3.8) is 0 Å². The molecule has 1 saturated carbocycles. The van der Waals surface area contributed by atoms with Crippen LogP contribution in [0.5, 0.6) is 5.75 Å². The summed E-state index contributed by atoms with van der Waals surface area (Å²) in [5.41, 5.74) is 2.69. The molecular weight excluding hydrogens is 446 g/mol. The number of carbonyl (C=O) groups is 1. The van der Waals surface area contributed by atoms with Crippen LogP contribution < -0.4 is 4.74 Å². The second-order valence-corrected chi connectivity index (χ2v) is 10.9. The minimum atomic E-state index is -0.362. The van der Waals surface area contributed by atoms with Gasteiger partial charge in [0.1, 0.15) is 5.75 Å². The molecule has 198 valence electrons. The van der Waals surface area contributed by atoms with Gasteiger partial charge in [0.05, 0.1) is 7.11 Å². The summed E-state index contributed by atoms with van der Waals surface area (Å²) in [6.45, 7) is 4.76. The standard InChI is InChI=1S/C32H47NO3/c1-4-5-9-25(2)28-11-6-7-12-29(18-17-28)30(22-27-10-8-21-33-23-27)16-13-26-14-19-31(20-15-26)36-24-32(34)35-3/h8,10,14-15,19-21,23,25,28-30H,4-7,9,11-13,16-18,22,24H2,1-3H3. The Balaban J connectivity index is 1.63. The number of pyridine rings is 1. The van der Waals surface area contributed by atoms with Crippen molar-refractivity contribution in [1.29, 1.82) is 0 Å². The Kier molecular flexibility index (Phi) is 12.3. The van der Waals surface area contributed by atoms with E-state index in [0.717, 1.165) is 30.6 Å². The Labute approximate surface area is 219 Å². The smallest absolute Gasteiger partial charge is 0.343 e. The molecule has 0 bridgehead atoms. The third-order valence-electron chi connectivity index (χ3n) is 8.32. The van der Waals surface area contributed by atoms with Gasteiger partial charge in [-0.3, -0.25) is 4.98 Å². The zero-order valence-corrected chi connectivity index (χ0v) is 22.8. The van der Waals surface area contributed by atoms with Gasteiger partial charge < -0.3 is 9.47 Å². The topological polar surface area (TPSA) is 48.4 Å². The fourth-order valence-electron chi connectivity index (χ4n) is 5.96. The lowest BCUT2D eigenvalue weighted by Crippen LogP contribution is -2.23. The van der Waals surface area contributed by atoms with E-state index in [0.29, 0.717) is 11.7 Å². The van der Waals surface area contributed by atoms with Crippen LogP contribution in [0.15, 0.2) is 48.8 Å². The Morgan fingerprint density at radius 3 is 2.44 bits per heavy atom. The number of rotatable bonds is 13. The van der Waals surface area contributed by atoms with Crippen LogP contribution in [0, 0.1) is 23.7 Å². The van der Waals surface area contributed by atoms with E-state index in [1.807, 2.05) is 18.3 Å². The molecule has 2 aromatic rings. The molecule has 1 aromatic carbocycles. The average Bonchev–Trinajstić information content (AvgIpc) is 2.89. The number of benzene rings is 1. The molecular formula is C32H47NO3. The number of esters is 1. The van der Waals surface area contributed by atoms with Gasteiger partial charge in [-0.05, 0) is 85.1 Å². The van der Waals surface area contributed by atoms with Crippen LogP contribution in [0.4, 0.5) is 0 Å². The Bertz CT molecular complexity index is 867. The molecule has 4 heteroatoms. The van der Waals surface area contributed by atoms with Gasteiger partial charge in [-0.1, -0.05) is 77.0 Å². The normalized spacial score (nSPS) is 20.1. The maximum Gasteiger partial charge on any atom is 0.343 e. The molecule has 1 aliphatic carbocycles. The monoisotopic (exact) mass is 493 g/mol. The largest absolute Gasteiger partial charge is 0.482 e. The van der Waals surface area contributed by atoms with E-state index in [1.165, 1.54) is 82.4 Å². The number of aryl methyl sites for hydroxylation is 1. The molecule has 1 aromatic heterocycles. The van der Waals surface area contributed by atoms with Gasteiger partial charge >= 0.3 is 5.97 Å². The first kappa shape index (κ1) is 28.2. The zero-order valence-electron chi connectivity index (χ0n) is 22.8. The molecule has 0 amide bonds. The summed E-state index contributed by atoms with van der Waals surface area (Å²) in [6.07, 6.45) is 19.7. The SMILES string of the molecule is CCCCC(C)C1CCCCC(C(CCc2ccc(OCC(=O)OC)cc2)Cc2cccnc2)CC1. The molecule has 0 radical (unpaired) electrons. The van der Waals surface area contributed by atoms with Crippen molar-refractivity contribution >= 4 is 5.97 Å². The van der Waals surface area contributed by atoms with Crippen LogP contribution in [-0.4, -0.2) is 24.7 Å². The van der Waals surface area contributed by atoms with Crippen LogP contribution in [-0.2, 0) is 22.4 Å². The number of hydrogen-bond acceptors (Lipinski definition) is 4. The summed E-state index contributed by atoms with van der Waals surface area (Å²) in [4.78, 5) is 15.7. The van der Waals surface area contributed by atoms with Crippen molar-refractivity contribution in [3.05, 3.63) is 59.9 Å².